The molecule has 2 aliphatic rings. The Kier molecular flexibility index (Phi) is 3.47. The number of hydrogen-bond donors (Lipinski definition) is 2. The lowest BCUT2D eigenvalue weighted by atomic mass is 9.98. The van der Waals surface area contributed by atoms with Gasteiger partial charge in [-0.05, 0) is 0 Å². The van der Waals surface area contributed by atoms with Crippen LogP contribution in [0.5, 0.6) is 0 Å². The van der Waals surface area contributed by atoms with Gasteiger partial charge < -0.3 is 15.4 Å². The second kappa shape index (κ2) is 5.15. The zero-order valence-corrected chi connectivity index (χ0v) is 12.8. The molecule has 2 aliphatic heterocycles. The van der Waals surface area contributed by atoms with Gasteiger partial charge in [0.15, 0.2) is 6.04 Å². The zero-order valence-electron chi connectivity index (χ0n) is 12.0. The Morgan fingerprint density at radius 1 is 1.46 bits per heavy atom. The first kappa shape index (κ1) is 16.2. The maximum absolute atomic E-state index is 12.3. The molecule has 24 heavy (non-hydrogen) atoms. The third-order valence-electron chi connectivity index (χ3n) is 3.61. The number of carbonyl (C=O) groups excluding carboxylic acids is 3. The van der Waals surface area contributed by atoms with E-state index in [1.165, 1.54) is 0 Å². The second-order valence-corrected chi connectivity index (χ2v) is 5.96. The SMILES string of the molecule is COC(=O)C1c2nn(C(N)=O)cc2[C@H]2CN1C(=O)N2OS(=O)(=O)O. The summed E-state index contributed by atoms with van der Waals surface area (Å²) in [4.78, 5) is 36.6. The van der Waals surface area contributed by atoms with Gasteiger partial charge in [-0.3, -0.25) is 4.55 Å². The van der Waals surface area contributed by atoms with Crippen molar-refractivity contribution in [2.45, 2.75) is 12.1 Å². The molecule has 0 aliphatic carbocycles. The minimum absolute atomic E-state index is 0.00770. The van der Waals surface area contributed by atoms with Crippen molar-refractivity contribution in [3.05, 3.63) is 17.5 Å². The van der Waals surface area contributed by atoms with Crippen molar-refractivity contribution in [2.75, 3.05) is 13.7 Å². The maximum atomic E-state index is 12.3. The van der Waals surface area contributed by atoms with E-state index in [9.17, 15) is 22.8 Å². The molecule has 14 heteroatoms. The fourth-order valence-corrected chi connectivity index (χ4v) is 3.08. The molecule has 13 nitrogen and oxygen atoms in total. The number of amides is 3. The van der Waals surface area contributed by atoms with Crippen LogP contribution in [-0.4, -0.2) is 64.4 Å². The van der Waals surface area contributed by atoms with E-state index in [4.69, 9.17) is 10.3 Å². The molecule has 1 aromatic heterocycles. The van der Waals surface area contributed by atoms with Crippen LogP contribution < -0.4 is 5.73 Å². The fourth-order valence-electron chi connectivity index (χ4n) is 2.71. The highest BCUT2D eigenvalue weighted by Gasteiger charge is 2.54. The summed E-state index contributed by atoms with van der Waals surface area (Å²) in [5.41, 5.74) is 5.28. The Hall–Kier alpha value is -2.71. The van der Waals surface area contributed by atoms with Gasteiger partial charge in [0, 0.05) is 11.8 Å². The van der Waals surface area contributed by atoms with E-state index >= 15 is 0 Å². The number of rotatable bonds is 3. The fraction of sp³-hybridized carbons (Fsp3) is 0.400. The summed E-state index contributed by atoms with van der Waals surface area (Å²) in [5, 5.41) is 4.24. The van der Waals surface area contributed by atoms with E-state index in [1.54, 1.807) is 0 Å². The number of carbonyl (C=O) groups is 3. The summed E-state index contributed by atoms with van der Waals surface area (Å²) in [6.07, 6.45) is 1.15. The molecule has 0 spiro atoms. The lowest BCUT2D eigenvalue weighted by Crippen LogP contribution is -2.39. The first-order valence-electron chi connectivity index (χ1n) is 6.38. The molecule has 0 saturated carbocycles. The predicted octanol–water partition coefficient (Wildman–Crippen LogP) is -1.45. The van der Waals surface area contributed by atoms with Gasteiger partial charge in [-0.2, -0.15) is 23.3 Å². The third kappa shape index (κ3) is 2.36. The number of urea groups is 1. The molecule has 1 aromatic rings. The van der Waals surface area contributed by atoms with E-state index in [2.05, 4.69) is 14.1 Å². The number of primary amides is 1. The number of hydroxylamine groups is 2. The quantitative estimate of drug-likeness (QED) is 0.482. The summed E-state index contributed by atoms with van der Waals surface area (Å²) < 4.78 is 40.4. The molecule has 0 radical (unpaired) electrons. The van der Waals surface area contributed by atoms with Crippen molar-refractivity contribution >= 4 is 28.4 Å². The third-order valence-corrected chi connectivity index (χ3v) is 3.96. The Morgan fingerprint density at radius 2 is 2.12 bits per heavy atom. The largest absolute Gasteiger partial charge is 0.467 e. The lowest BCUT2D eigenvalue weighted by molar-refractivity contribution is -0.146. The molecule has 1 saturated heterocycles. The van der Waals surface area contributed by atoms with Gasteiger partial charge in [-0.25, -0.2) is 14.4 Å². The van der Waals surface area contributed by atoms with Gasteiger partial charge in [0.1, 0.15) is 11.7 Å². The summed E-state index contributed by atoms with van der Waals surface area (Å²) in [5.74, 6) is -0.855. The van der Waals surface area contributed by atoms with E-state index in [0.29, 0.717) is 5.06 Å². The van der Waals surface area contributed by atoms with Crippen LogP contribution in [0.2, 0.25) is 0 Å². The number of fused-ring (bicyclic) bond motifs is 4. The first-order chi connectivity index (χ1) is 11.1. The molecular formula is C10H11N5O8S. The number of esters is 1. The monoisotopic (exact) mass is 361 g/mol. The number of methoxy groups -OCH3 is 1. The summed E-state index contributed by atoms with van der Waals surface area (Å²) in [7, 11) is -3.90. The van der Waals surface area contributed by atoms with Gasteiger partial charge in [0.25, 0.3) is 0 Å². The molecule has 3 N–H and O–H groups in total. The molecule has 3 rings (SSSR count). The van der Waals surface area contributed by atoms with Crippen molar-refractivity contribution in [3.8, 4) is 0 Å². The molecular weight excluding hydrogens is 350 g/mol. The van der Waals surface area contributed by atoms with Gasteiger partial charge in [0.2, 0.25) is 0 Å². The molecule has 3 amide bonds. The van der Waals surface area contributed by atoms with Crippen LogP contribution in [0, 0.1) is 0 Å². The maximum Gasteiger partial charge on any atom is 0.418 e. The molecule has 3 heterocycles. The lowest BCUT2D eigenvalue weighted by Gasteiger charge is -2.27. The Bertz CT molecular complexity index is 847. The number of nitrogens with zero attached hydrogens (tertiary/aromatic N) is 4. The molecule has 2 bridgehead atoms. The van der Waals surface area contributed by atoms with Crippen LogP contribution in [0.3, 0.4) is 0 Å². The Labute approximate surface area is 134 Å². The topological polar surface area (TPSA) is 174 Å². The van der Waals surface area contributed by atoms with Crippen LogP contribution in [0.1, 0.15) is 23.3 Å². The molecule has 2 atom stereocenters. The van der Waals surface area contributed by atoms with E-state index in [0.717, 1.165) is 22.9 Å². The highest BCUT2D eigenvalue weighted by atomic mass is 32.3. The minimum atomic E-state index is -4.99. The standard InChI is InChI=1S/C10H11N5O8S/c1-22-8(16)7-6-4(2-14(12-6)9(11)17)5-3-13(7)10(18)15(5)23-24(19,20)21/h2,5,7H,3H2,1H3,(H2,11,17)(H,19,20,21)/t5-,7?/m1/s1. The molecule has 0 aromatic carbocycles. The Morgan fingerprint density at radius 3 is 2.67 bits per heavy atom. The zero-order chi connectivity index (χ0) is 17.8. The smallest absolute Gasteiger partial charge is 0.418 e. The van der Waals surface area contributed by atoms with Gasteiger partial charge in [-0.1, -0.05) is 0 Å². The van der Waals surface area contributed by atoms with Crippen LogP contribution >= 0.6 is 0 Å². The second-order valence-electron chi connectivity index (χ2n) is 4.96. The summed E-state index contributed by atoms with van der Waals surface area (Å²) >= 11 is 0. The number of nitrogens with two attached hydrogens (primary N) is 1. The van der Waals surface area contributed by atoms with E-state index in [1.807, 2.05) is 0 Å². The van der Waals surface area contributed by atoms with Crippen LogP contribution in [-0.2, 0) is 24.2 Å². The van der Waals surface area contributed by atoms with Gasteiger partial charge in [0.05, 0.1) is 13.7 Å². The number of aromatic nitrogens is 2. The van der Waals surface area contributed by atoms with E-state index < -0.39 is 40.5 Å². The van der Waals surface area contributed by atoms with Crippen molar-refractivity contribution in [1.82, 2.24) is 19.7 Å². The Balaban J connectivity index is 2.13. The average molecular weight is 361 g/mol. The average Bonchev–Trinajstić information content (AvgIpc) is 3.03. The van der Waals surface area contributed by atoms with Crippen molar-refractivity contribution in [1.29, 1.82) is 0 Å². The van der Waals surface area contributed by atoms with Gasteiger partial charge in [-0.15, -0.1) is 4.28 Å². The van der Waals surface area contributed by atoms with Crippen LogP contribution in [0.15, 0.2) is 6.20 Å². The molecule has 130 valence electrons. The van der Waals surface area contributed by atoms with E-state index in [-0.39, 0.29) is 17.8 Å². The summed E-state index contributed by atoms with van der Waals surface area (Å²) in [6, 6.07) is -4.28. The number of ether oxygens (including phenoxy) is 1. The normalized spacial score (nSPS) is 22.5. The van der Waals surface area contributed by atoms with Crippen molar-refractivity contribution in [3.63, 3.8) is 0 Å². The van der Waals surface area contributed by atoms with Gasteiger partial charge >= 0.3 is 28.4 Å². The highest BCUT2D eigenvalue weighted by molar-refractivity contribution is 7.80. The summed E-state index contributed by atoms with van der Waals surface area (Å²) in [6.45, 7) is -0.147. The van der Waals surface area contributed by atoms with Crippen LogP contribution in [0.4, 0.5) is 9.59 Å². The molecule has 1 unspecified atom stereocenters. The first-order valence-corrected chi connectivity index (χ1v) is 7.74. The highest BCUT2D eigenvalue weighted by Crippen LogP contribution is 2.43. The van der Waals surface area contributed by atoms with Crippen molar-refractivity contribution < 1.29 is 36.4 Å². The van der Waals surface area contributed by atoms with Crippen molar-refractivity contribution in [2.24, 2.45) is 5.73 Å². The predicted molar refractivity (Wildman–Crippen MR) is 71.3 cm³/mol. The molecule has 1 fully saturated rings. The number of hydrogen-bond acceptors (Lipinski definition) is 8. The minimum Gasteiger partial charge on any atom is -0.467 e. The van der Waals surface area contributed by atoms with Crippen LogP contribution in [0.25, 0.3) is 0 Å².